The quantitative estimate of drug-likeness (QED) is 0.776. The summed E-state index contributed by atoms with van der Waals surface area (Å²) < 4.78 is 5.04. The number of rotatable bonds is 5. The smallest absolute Gasteiger partial charge is 0.233 e. The highest BCUT2D eigenvalue weighted by atomic mass is 35.5. The van der Waals surface area contributed by atoms with Crippen LogP contribution in [0.15, 0.2) is 36.4 Å². The van der Waals surface area contributed by atoms with Gasteiger partial charge in [-0.2, -0.15) is 0 Å². The van der Waals surface area contributed by atoms with Gasteiger partial charge in [0, 0.05) is 16.4 Å². The van der Waals surface area contributed by atoms with E-state index in [4.69, 9.17) is 27.9 Å². The summed E-state index contributed by atoms with van der Waals surface area (Å²) in [4.78, 5) is 23.9. The lowest BCUT2D eigenvalue weighted by Gasteiger charge is -2.10. The normalized spacial score (nSPS) is 10.2. The molecule has 0 aliphatic heterocycles. The van der Waals surface area contributed by atoms with E-state index in [0.29, 0.717) is 27.2 Å². The minimum absolute atomic E-state index is 0.324. The van der Waals surface area contributed by atoms with Crippen LogP contribution in [0.4, 0.5) is 11.4 Å². The molecule has 0 radical (unpaired) electrons. The summed E-state index contributed by atoms with van der Waals surface area (Å²) >= 11 is 12.0. The van der Waals surface area contributed by atoms with Gasteiger partial charge >= 0.3 is 0 Å². The average Bonchev–Trinajstić information content (AvgIpc) is 2.52. The molecule has 0 saturated carbocycles. The topological polar surface area (TPSA) is 67.4 Å². The van der Waals surface area contributed by atoms with E-state index in [-0.39, 0.29) is 6.42 Å². The fraction of sp³-hybridized carbons (Fsp3) is 0.176. The minimum Gasteiger partial charge on any atom is -0.495 e. The molecule has 0 spiro atoms. The lowest BCUT2D eigenvalue weighted by atomic mass is 10.2. The Morgan fingerprint density at radius 1 is 1.04 bits per heavy atom. The van der Waals surface area contributed by atoms with E-state index in [1.165, 1.54) is 7.11 Å². The number of anilines is 2. The van der Waals surface area contributed by atoms with E-state index in [0.717, 1.165) is 5.56 Å². The summed E-state index contributed by atoms with van der Waals surface area (Å²) in [6.45, 7) is 1.79. The van der Waals surface area contributed by atoms with Crippen LogP contribution in [0.2, 0.25) is 10.0 Å². The van der Waals surface area contributed by atoms with Crippen molar-refractivity contribution in [2.24, 2.45) is 0 Å². The first-order valence-corrected chi connectivity index (χ1v) is 7.84. The summed E-state index contributed by atoms with van der Waals surface area (Å²) in [5.74, 6) is -0.380. The van der Waals surface area contributed by atoms with Crippen LogP contribution in [-0.4, -0.2) is 18.9 Å². The number of carbonyl (C=O) groups is 2. The van der Waals surface area contributed by atoms with E-state index < -0.39 is 11.8 Å². The van der Waals surface area contributed by atoms with Crippen molar-refractivity contribution < 1.29 is 14.3 Å². The summed E-state index contributed by atoms with van der Waals surface area (Å²) in [5.41, 5.74) is 1.81. The van der Waals surface area contributed by atoms with Gasteiger partial charge in [-0.05, 0) is 42.8 Å². The number of hydrogen-bond acceptors (Lipinski definition) is 3. The lowest BCUT2D eigenvalue weighted by Crippen LogP contribution is -2.21. The second-order valence-electron chi connectivity index (χ2n) is 5.03. The number of carbonyl (C=O) groups excluding carboxylic acids is 2. The molecule has 2 aromatic rings. The van der Waals surface area contributed by atoms with E-state index in [9.17, 15) is 9.59 Å². The predicted molar refractivity (Wildman–Crippen MR) is 96.1 cm³/mol. The van der Waals surface area contributed by atoms with Crippen molar-refractivity contribution in [1.29, 1.82) is 0 Å². The molecule has 0 fully saturated rings. The van der Waals surface area contributed by atoms with Gasteiger partial charge in [0.05, 0.1) is 12.1 Å². The maximum absolute atomic E-state index is 12.0. The Balaban J connectivity index is 1.95. The standard InChI is InChI=1S/C17H16Cl2N2O3/c1-10-12(18)4-3-5-14(10)21-17(23)9-16(22)20-11-6-7-15(24-2)13(19)8-11/h3-8H,9H2,1-2H3,(H,20,22)(H,21,23). The molecular formula is C17H16Cl2N2O3. The van der Waals surface area contributed by atoms with Gasteiger partial charge < -0.3 is 15.4 Å². The van der Waals surface area contributed by atoms with E-state index in [1.54, 1.807) is 43.3 Å². The van der Waals surface area contributed by atoms with Crippen molar-refractivity contribution in [3.05, 3.63) is 52.0 Å². The molecule has 0 aromatic heterocycles. The van der Waals surface area contributed by atoms with Crippen LogP contribution >= 0.6 is 23.2 Å². The van der Waals surface area contributed by atoms with Gasteiger partial charge in [0.1, 0.15) is 12.2 Å². The van der Waals surface area contributed by atoms with Crippen LogP contribution < -0.4 is 15.4 Å². The molecular weight excluding hydrogens is 351 g/mol. The molecule has 2 amide bonds. The monoisotopic (exact) mass is 366 g/mol. The number of amides is 2. The zero-order chi connectivity index (χ0) is 17.7. The van der Waals surface area contributed by atoms with Gasteiger partial charge in [-0.3, -0.25) is 9.59 Å². The maximum atomic E-state index is 12.0. The van der Waals surface area contributed by atoms with Crippen molar-refractivity contribution in [1.82, 2.24) is 0 Å². The van der Waals surface area contributed by atoms with Crippen molar-refractivity contribution in [2.75, 3.05) is 17.7 Å². The van der Waals surface area contributed by atoms with E-state index in [1.807, 2.05) is 0 Å². The second-order valence-corrected chi connectivity index (χ2v) is 5.85. The Labute approximate surface area is 149 Å². The molecule has 2 aromatic carbocycles. The first-order chi connectivity index (χ1) is 11.4. The van der Waals surface area contributed by atoms with Crippen LogP contribution in [0.5, 0.6) is 5.75 Å². The molecule has 24 heavy (non-hydrogen) atoms. The molecule has 0 unspecified atom stereocenters. The zero-order valence-electron chi connectivity index (χ0n) is 13.2. The molecule has 0 aliphatic rings. The summed E-state index contributed by atoms with van der Waals surface area (Å²) in [7, 11) is 1.50. The first-order valence-electron chi connectivity index (χ1n) is 7.09. The number of nitrogens with one attached hydrogen (secondary N) is 2. The van der Waals surface area contributed by atoms with E-state index >= 15 is 0 Å². The highest BCUT2D eigenvalue weighted by Crippen LogP contribution is 2.27. The van der Waals surface area contributed by atoms with Crippen LogP contribution in [0.25, 0.3) is 0 Å². The number of benzene rings is 2. The Hall–Kier alpha value is -2.24. The molecule has 7 heteroatoms. The number of methoxy groups -OCH3 is 1. The zero-order valence-corrected chi connectivity index (χ0v) is 14.7. The molecule has 2 rings (SSSR count). The Kier molecular flexibility index (Phi) is 6.06. The summed E-state index contributed by atoms with van der Waals surface area (Å²) in [6, 6.07) is 10.0. The van der Waals surface area contributed by atoms with Gasteiger partial charge in [0.15, 0.2) is 0 Å². The third-order valence-corrected chi connectivity index (χ3v) is 4.00. The van der Waals surface area contributed by atoms with Gasteiger partial charge in [-0.1, -0.05) is 29.3 Å². The highest BCUT2D eigenvalue weighted by Gasteiger charge is 2.12. The van der Waals surface area contributed by atoms with Crippen LogP contribution in [0.3, 0.4) is 0 Å². The first kappa shape index (κ1) is 18.1. The molecule has 0 saturated heterocycles. The maximum Gasteiger partial charge on any atom is 0.233 e. The highest BCUT2D eigenvalue weighted by molar-refractivity contribution is 6.32. The van der Waals surface area contributed by atoms with Gasteiger partial charge in [-0.15, -0.1) is 0 Å². The van der Waals surface area contributed by atoms with Crippen molar-refractivity contribution >= 4 is 46.4 Å². The number of ether oxygens (including phenoxy) is 1. The average molecular weight is 367 g/mol. The molecule has 0 bridgehead atoms. The Morgan fingerprint density at radius 2 is 1.75 bits per heavy atom. The number of hydrogen-bond donors (Lipinski definition) is 2. The third kappa shape index (κ3) is 4.63. The fourth-order valence-corrected chi connectivity index (χ4v) is 2.46. The van der Waals surface area contributed by atoms with Crippen LogP contribution in [0.1, 0.15) is 12.0 Å². The summed E-state index contributed by atoms with van der Waals surface area (Å²) in [6.07, 6.45) is -0.324. The van der Waals surface area contributed by atoms with Crippen LogP contribution in [0, 0.1) is 6.92 Å². The van der Waals surface area contributed by atoms with E-state index in [2.05, 4.69) is 10.6 Å². The Bertz CT molecular complexity index is 778. The largest absolute Gasteiger partial charge is 0.495 e. The lowest BCUT2D eigenvalue weighted by molar-refractivity contribution is -0.123. The molecule has 0 atom stereocenters. The predicted octanol–water partition coefficient (Wildman–Crippen LogP) is 4.28. The fourth-order valence-electron chi connectivity index (χ4n) is 2.03. The van der Waals surface area contributed by atoms with Gasteiger partial charge in [0.2, 0.25) is 11.8 Å². The minimum atomic E-state index is -0.451. The molecule has 5 nitrogen and oxygen atoms in total. The van der Waals surface area contributed by atoms with Gasteiger partial charge in [0.25, 0.3) is 0 Å². The van der Waals surface area contributed by atoms with Gasteiger partial charge in [-0.25, -0.2) is 0 Å². The van der Waals surface area contributed by atoms with Crippen molar-refractivity contribution in [3.63, 3.8) is 0 Å². The summed E-state index contributed by atoms with van der Waals surface area (Å²) in [5, 5.41) is 6.19. The van der Waals surface area contributed by atoms with Crippen molar-refractivity contribution in [3.8, 4) is 5.75 Å². The number of halogens is 2. The molecule has 2 N–H and O–H groups in total. The molecule has 0 aliphatic carbocycles. The third-order valence-electron chi connectivity index (χ3n) is 3.30. The SMILES string of the molecule is COc1ccc(NC(=O)CC(=O)Nc2cccc(Cl)c2C)cc1Cl. The molecule has 126 valence electrons. The second kappa shape index (κ2) is 8.04. The van der Waals surface area contributed by atoms with Crippen LogP contribution in [-0.2, 0) is 9.59 Å². The Morgan fingerprint density at radius 3 is 2.42 bits per heavy atom. The molecule has 0 heterocycles. The van der Waals surface area contributed by atoms with Crippen molar-refractivity contribution in [2.45, 2.75) is 13.3 Å².